The van der Waals surface area contributed by atoms with Gasteiger partial charge in [0, 0.05) is 11.1 Å². The maximum Gasteiger partial charge on any atom is 0.219 e. The normalized spacial score (nSPS) is 14.2. The Morgan fingerprint density at radius 3 is 2.40 bits per heavy atom. The Hall–Kier alpha value is -1.84. The second-order valence-electron chi connectivity index (χ2n) is 5.19. The molecule has 0 atom stereocenters. The van der Waals surface area contributed by atoms with E-state index in [0.29, 0.717) is 5.56 Å². The predicted molar refractivity (Wildman–Crippen MR) is 70.9 cm³/mol. The highest BCUT2D eigenvalue weighted by atomic mass is 19.2. The first-order chi connectivity index (χ1) is 9.58. The number of nitrogens with zero attached hydrogens (tertiary/aromatic N) is 1. The molecule has 0 radical (unpaired) electrons. The van der Waals surface area contributed by atoms with Crippen molar-refractivity contribution in [1.82, 2.24) is 4.98 Å². The lowest BCUT2D eigenvalue weighted by molar-refractivity contribution is 0.472. The highest BCUT2D eigenvalue weighted by Crippen LogP contribution is 2.29. The van der Waals surface area contributed by atoms with Gasteiger partial charge in [-0.2, -0.15) is 4.39 Å². The second kappa shape index (κ2) is 4.93. The Balaban J connectivity index is 2.14. The van der Waals surface area contributed by atoms with Crippen molar-refractivity contribution in [2.75, 3.05) is 0 Å². The van der Waals surface area contributed by atoms with Crippen LogP contribution in [0.4, 0.5) is 13.2 Å². The van der Waals surface area contributed by atoms with Crippen molar-refractivity contribution < 1.29 is 13.2 Å². The third-order valence-electron chi connectivity index (χ3n) is 3.87. The van der Waals surface area contributed by atoms with E-state index >= 15 is 0 Å². The molecule has 1 nitrogen and oxygen atoms in total. The van der Waals surface area contributed by atoms with E-state index in [9.17, 15) is 13.2 Å². The molecule has 0 fully saturated rings. The molecule has 1 aromatic heterocycles. The molecular weight excluding hydrogens is 263 g/mol. The van der Waals surface area contributed by atoms with E-state index in [1.165, 1.54) is 12.5 Å². The van der Waals surface area contributed by atoms with Crippen molar-refractivity contribution in [3.05, 3.63) is 52.5 Å². The van der Waals surface area contributed by atoms with Gasteiger partial charge < -0.3 is 0 Å². The molecule has 0 amide bonds. The van der Waals surface area contributed by atoms with Crippen molar-refractivity contribution in [3.8, 4) is 11.3 Å². The van der Waals surface area contributed by atoms with Gasteiger partial charge in [-0.25, -0.2) is 13.8 Å². The third-order valence-corrected chi connectivity index (χ3v) is 3.87. The van der Waals surface area contributed by atoms with Crippen molar-refractivity contribution >= 4 is 0 Å². The summed E-state index contributed by atoms with van der Waals surface area (Å²) in [5.41, 5.74) is 2.15. The number of pyridine rings is 1. The van der Waals surface area contributed by atoms with Crippen LogP contribution in [0.25, 0.3) is 11.3 Å². The summed E-state index contributed by atoms with van der Waals surface area (Å²) < 4.78 is 41.1. The van der Waals surface area contributed by atoms with Gasteiger partial charge in [0.1, 0.15) is 5.69 Å². The standard InChI is InChI=1S/C16H14F3N/c1-9-13(17)14(18)15(20-16(9)19)12-7-6-10-4-2-3-5-11(10)8-12/h6-8H,2-5H2,1H3. The number of aromatic nitrogens is 1. The van der Waals surface area contributed by atoms with Crippen LogP contribution in [0.3, 0.4) is 0 Å². The molecule has 0 unspecified atom stereocenters. The van der Waals surface area contributed by atoms with E-state index in [1.54, 1.807) is 12.1 Å². The molecule has 2 aromatic rings. The maximum atomic E-state index is 14.0. The van der Waals surface area contributed by atoms with Gasteiger partial charge in [-0.3, -0.25) is 0 Å². The zero-order valence-corrected chi connectivity index (χ0v) is 11.1. The minimum absolute atomic E-state index is 0.251. The van der Waals surface area contributed by atoms with Crippen LogP contribution in [-0.4, -0.2) is 4.98 Å². The van der Waals surface area contributed by atoms with Crippen LogP contribution in [0.15, 0.2) is 18.2 Å². The fraction of sp³-hybridized carbons (Fsp3) is 0.312. The minimum Gasteiger partial charge on any atom is -0.216 e. The summed E-state index contributed by atoms with van der Waals surface area (Å²) in [6, 6.07) is 5.39. The number of fused-ring (bicyclic) bond motifs is 1. The zero-order chi connectivity index (χ0) is 14.3. The molecule has 104 valence electrons. The number of aryl methyl sites for hydroxylation is 2. The summed E-state index contributed by atoms with van der Waals surface area (Å²) in [6.07, 6.45) is 4.15. The highest BCUT2D eigenvalue weighted by Gasteiger charge is 2.20. The van der Waals surface area contributed by atoms with Crippen LogP contribution in [0.2, 0.25) is 0 Å². The summed E-state index contributed by atoms with van der Waals surface area (Å²) in [6.45, 7) is 1.18. The second-order valence-corrected chi connectivity index (χ2v) is 5.19. The SMILES string of the molecule is Cc1c(F)nc(-c2ccc3c(c2)CCCC3)c(F)c1F. The average molecular weight is 277 g/mol. The van der Waals surface area contributed by atoms with Crippen LogP contribution in [0, 0.1) is 24.5 Å². The Morgan fingerprint density at radius 2 is 1.65 bits per heavy atom. The van der Waals surface area contributed by atoms with Gasteiger partial charge in [-0.05, 0) is 49.8 Å². The molecule has 1 aromatic carbocycles. The maximum absolute atomic E-state index is 14.0. The third kappa shape index (κ3) is 2.09. The van der Waals surface area contributed by atoms with Gasteiger partial charge in [-0.15, -0.1) is 0 Å². The molecule has 1 aliphatic rings. The van der Waals surface area contributed by atoms with Crippen LogP contribution in [0.5, 0.6) is 0 Å². The van der Waals surface area contributed by atoms with Crippen molar-refractivity contribution in [3.63, 3.8) is 0 Å². The fourth-order valence-corrected chi connectivity index (χ4v) is 2.66. The monoisotopic (exact) mass is 277 g/mol. The van der Waals surface area contributed by atoms with Crippen LogP contribution in [-0.2, 0) is 12.8 Å². The molecule has 1 aliphatic carbocycles. The molecule has 3 rings (SSSR count). The minimum atomic E-state index is -1.16. The topological polar surface area (TPSA) is 12.9 Å². The summed E-state index contributed by atoms with van der Waals surface area (Å²) in [5.74, 6) is -3.21. The molecule has 0 N–H and O–H groups in total. The lowest BCUT2D eigenvalue weighted by Gasteiger charge is -2.16. The molecule has 0 aliphatic heterocycles. The molecule has 0 bridgehead atoms. The van der Waals surface area contributed by atoms with Gasteiger partial charge in [0.15, 0.2) is 11.6 Å². The van der Waals surface area contributed by atoms with Gasteiger partial charge in [-0.1, -0.05) is 12.1 Å². The Labute approximate surface area is 115 Å². The van der Waals surface area contributed by atoms with Gasteiger partial charge >= 0.3 is 0 Å². The van der Waals surface area contributed by atoms with Crippen molar-refractivity contribution in [1.29, 1.82) is 0 Å². The number of benzene rings is 1. The van der Waals surface area contributed by atoms with Gasteiger partial charge in [0.05, 0.1) is 0 Å². The molecule has 20 heavy (non-hydrogen) atoms. The first-order valence-corrected chi connectivity index (χ1v) is 6.71. The van der Waals surface area contributed by atoms with Crippen LogP contribution in [0.1, 0.15) is 29.5 Å². The summed E-state index contributed by atoms with van der Waals surface area (Å²) in [5, 5.41) is 0. The van der Waals surface area contributed by atoms with Crippen molar-refractivity contribution in [2.45, 2.75) is 32.6 Å². The smallest absolute Gasteiger partial charge is 0.216 e. The Kier molecular flexibility index (Phi) is 3.24. The van der Waals surface area contributed by atoms with Gasteiger partial charge in [0.2, 0.25) is 5.95 Å². The highest BCUT2D eigenvalue weighted by molar-refractivity contribution is 5.62. The Bertz CT molecular complexity index is 680. The number of rotatable bonds is 1. The fourth-order valence-electron chi connectivity index (χ4n) is 2.66. The molecule has 0 saturated carbocycles. The van der Waals surface area contributed by atoms with E-state index in [0.717, 1.165) is 31.2 Å². The van der Waals surface area contributed by atoms with E-state index in [2.05, 4.69) is 4.98 Å². The van der Waals surface area contributed by atoms with E-state index in [-0.39, 0.29) is 11.3 Å². The Morgan fingerprint density at radius 1 is 0.950 bits per heavy atom. The molecule has 0 spiro atoms. The average Bonchev–Trinajstić information content (AvgIpc) is 2.48. The summed E-state index contributed by atoms with van der Waals surface area (Å²) >= 11 is 0. The zero-order valence-electron chi connectivity index (χ0n) is 11.1. The lowest BCUT2D eigenvalue weighted by atomic mass is 9.90. The molecular formula is C16H14F3N. The first kappa shape index (κ1) is 13.2. The van der Waals surface area contributed by atoms with E-state index in [4.69, 9.17) is 0 Å². The van der Waals surface area contributed by atoms with E-state index in [1.807, 2.05) is 6.07 Å². The number of halogens is 3. The number of hydrogen-bond acceptors (Lipinski definition) is 1. The van der Waals surface area contributed by atoms with Crippen LogP contribution >= 0.6 is 0 Å². The largest absolute Gasteiger partial charge is 0.219 e. The van der Waals surface area contributed by atoms with Gasteiger partial charge in [0.25, 0.3) is 0 Å². The molecule has 1 heterocycles. The summed E-state index contributed by atoms with van der Waals surface area (Å²) in [4.78, 5) is 3.57. The first-order valence-electron chi connectivity index (χ1n) is 6.71. The molecule has 0 saturated heterocycles. The molecule has 4 heteroatoms. The van der Waals surface area contributed by atoms with Crippen molar-refractivity contribution in [2.24, 2.45) is 0 Å². The quantitative estimate of drug-likeness (QED) is 0.706. The van der Waals surface area contributed by atoms with Crippen LogP contribution < -0.4 is 0 Å². The van der Waals surface area contributed by atoms with E-state index < -0.39 is 17.6 Å². The summed E-state index contributed by atoms with van der Waals surface area (Å²) in [7, 11) is 0. The lowest BCUT2D eigenvalue weighted by Crippen LogP contribution is -2.05. The predicted octanol–water partition coefficient (Wildman–Crippen LogP) is 4.35. The number of hydrogen-bond donors (Lipinski definition) is 0.